The first-order chi connectivity index (χ1) is 8.70. The molecule has 2 rings (SSSR count). The van der Waals surface area contributed by atoms with E-state index in [0.717, 1.165) is 0 Å². The Morgan fingerprint density at radius 1 is 1.22 bits per heavy atom. The lowest BCUT2D eigenvalue weighted by molar-refractivity contribution is 0.295. The molecule has 0 aliphatic heterocycles. The summed E-state index contributed by atoms with van der Waals surface area (Å²) in [4.78, 5) is 0. The number of aliphatic hydroxyl groups is 1. The van der Waals surface area contributed by atoms with Gasteiger partial charge in [0, 0.05) is 0 Å². The number of hydrogen-bond acceptors (Lipinski definition) is 1. The van der Waals surface area contributed by atoms with Crippen LogP contribution in [0.3, 0.4) is 0 Å². The van der Waals surface area contributed by atoms with Crippen LogP contribution >= 0.6 is 0 Å². The van der Waals surface area contributed by atoms with Crippen LogP contribution in [0.5, 0.6) is 0 Å². The number of aryl methyl sites for hydroxylation is 2. The van der Waals surface area contributed by atoms with E-state index in [9.17, 15) is 5.11 Å². The molecule has 1 aliphatic carbocycles. The summed E-state index contributed by atoms with van der Waals surface area (Å²) in [6, 6.07) is 6.53. The molecule has 0 saturated heterocycles. The van der Waals surface area contributed by atoms with Gasteiger partial charge in [-0.2, -0.15) is 0 Å². The SMILES string of the molecule is Cc1ccc(C=C(CO)C2CCCCC2)c(C)c1. The minimum absolute atomic E-state index is 0.206. The molecule has 1 nitrogen and oxygen atoms in total. The van der Waals surface area contributed by atoms with E-state index in [1.165, 1.54) is 54.4 Å². The fourth-order valence-electron chi connectivity index (χ4n) is 2.95. The summed E-state index contributed by atoms with van der Waals surface area (Å²) in [6.45, 7) is 4.47. The second-order valence-corrected chi connectivity index (χ2v) is 5.57. The van der Waals surface area contributed by atoms with Crippen LogP contribution in [-0.2, 0) is 0 Å². The van der Waals surface area contributed by atoms with Gasteiger partial charge in [-0.3, -0.25) is 0 Å². The first-order valence-corrected chi connectivity index (χ1v) is 7.09. The van der Waals surface area contributed by atoms with Gasteiger partial charge in [-0.15, -0.1) is 0 Å². The predicted octanol–water partition coefficient (Wildman–Crippen LogP) is 4.26. The third kappa shape index (κ3) is 3.23. The average Bonchev–Trinajstić information content (AvgIpc) is 2.39. The van der Waals surface area contributed by atoms with E-state index in [1.807, 2.05) is 0 Å². The number of aliphatic hydroxyl groups excluding tert-OH is 1. The average molecular weight is 244 g/mol. The maximum atomic E-state index is 9.62. The molecule has 0 radical (unpaired) electrons. The lowest BCUT2D eigenvalue weighted by Crippen LogP contribution is -2.11. The van der Waals surface area contributed by atoms with Gasteiger partial charge < -0.3 is 5.11 Å². The largest absolute Gasteiger partial charge is 0.392 e. The van der Waals surface area contributed by atoms with Gasteiger partial charge in [0.1, 0.15) is 0 Å². The molecule has 1 heteroatoms. The van der Waals surface area contributed by atoms with E-state index in [4.69, 9.17) is 0 Å². The quantitative estimate of drug-likeness (QED) is 0.842. The minimum atomic E-state index is 0.206. The van der Waals surface area contributed by atoms with Crippen molar-refractivity contribution >= 4 is 6.08 Å². The maximum absolute atomic E-state index is 9.62. The highest BCUT2D eigenvalue weighted by Gasteiger charge is 2.17. The Morgan fingerprint density at radius 2 is 1.94 bits per heavy atom. The Bertz CT molecular complexity index is 425. The van der Waals surface area contributed by atoms with Crippen LogP contribution in [0.2, 0.25) is 0 Å². The number of rotatable bonds is 3. The Morgan fingerprint density at radius 3 is 2.56 bits per heavy atom. The van der Waals surface area contributed by atoms with Crippen LogP contribution < -0.4 is 0 Å². The molecular formula is C17H24O. The molecule has 0 unspecified atom stereocenters. The van der Waals surface area contributed by atoms with Crippen LogP contribution in [-0.4, -0.2) is 11.7 Å². The van der Waals surface area contributed by atoms with Crippen LogP contribution in [0.15, 0.2) is 23.8 Å². The zero-order valence-corrected chi connectivity index (χ0v) is 11.6. The molecule has 0 spiro atoms. The van der Waals surface area contributed by atoms with Crippen molar-refractivity contribution in [3.63, 3.8) is 0 Å². The summed E-state index contributed by atoms with van der Waals surface area (Å²) in [7, 11) is 0. The summed E-state index contributed by atoms with van der Waals surface area (Å²) < 4.78 is 0. The molecule has 0 atom stereocenters. The molecule has 1 saturated carbocycles. The maximum Gasteiger partial charge on any atom is 0.0647 e. The van der Waals surface area contributed by atoms with Gasteiger partial charge in [0.05, 0.1) is 6.61 Å². The lowest BCUT2D eigenvalue weighted by Gasteiger charge is -2.23. The summed E-state index contributed by atoms with van der Waals surface area (Å²) in [5.41, 5.74) is 5.08. The Hall–Kier alpha value is -1.08. The molecule has 18 heavy (non-hydrogen) atoms. The van der Waals surface area contributed by atoms with Crippen molar-refractivity contribution < 1.29 is 5.11 Å². The molecule has 0 bridgehead atoms. The zero-order valence-electron chi connectivity index (χ0n) is 11.6. The molecule has 0 amide bonds. The second kappa shape index (κ2) is 6.19. The van der Waals surface area contributed by atoms with Crippen molar-refractivity contribution in [2.45, 2.75) is 46.0 Å². The van der Waals surface area contributed by atoms with Crippen LogP contribution in [0, 0.1) is 19.8 Å². The van der Waals surface area contributed by atoms with Crippen molar-refractivity contribution in [3.8, 4) is 0 Å². The number of hydrogen-bond donors (Lipinski definition) is 1. The van der Waals surface area contributed by atoms with Gasteiger partial charge in [0.2, 0.25) is 0 Å². The molecule has 1 fully saturated rings. The van der Waals surface area contributed by atoms with Crippen molar-refractivity contribution in [1.82, 2.24) is 0 Å². The van der Waals surface area contributed by atoms with Gasteiger partial charge in [-0.1, -0.05) is 49.1 Å². The first-order valence-electron chi connectivity index (χ1n) is 7.09. The van der Waals surface area contributed by atoms with Gasteiger partial charge in [0.15, 0.2) is 0 Å². The zero-order chi connectivity index (χ0) is 13.0. The Balaban J connectivity index is 2.22. The van der Waals surface area contributed by atoms with Crippen LogP contribution in [0.4, 0.5) is 0 Å². The van der Waals surface area contributed by atoms with Crippen molar-refractivity contribution in [2.24, 2.45) is 5.92 Å². The molecule has 1 aliphatic rings. The van der Waals surface area contributed by atoms with E-state index in [1.54, 1.807) is 0 Å². The topological polar surface area (TPSA) is 20.2 Å². The van der Waals surface area contributed by atoms with E-state index >= 15 is 0 Å². The molecule has 98 valence electrons. The fourth-order valence-corrected chi connectivity index (χ4v) is 2.95. The van der Waals surface area contributed by atoms with Gasteiger partial charge in [-0.25, -0.2) is 0 Å². The third-order valence-electron chi connectivity index (χ3n) is 4.08. The van der Waals surface area contributed by atoms with Crippen molar-refractivity contribution in [1.29, 1.82) is 0 Å². The lowest BCUT2D eigenvalue weighted by atomic mass is 9.83. The Kier molecular flexibility index (Phi) is 4.60. The van der Waals surface area contributed by atoms with Crippen LogP contribution in [0.25, 0.3) is 6.08 Å². The van der Waals surface area contributed by atoms with E-state index in [0.29, 0.717) is 5.92 Å². The normalized spacial score (nSPS) is 18.1. The monoisotopic (exact) mass is 244 g/mol. The summed E-state index contributed by atoms with van der Waals surface area (Å²) in [6.07, 6.45) is 8.70. The number of benzene rings is 1. The van der Waals surface area contributed by atoms with Crippen LogP contribution in [0.1, 0.15) is 48.8 Å². The standard InChI is InChI=1S/C17H24O/c1-13-8-9-16(14(2)10-13)11-17(12-18)15-6-4-3-5-7-15/h8-11,15,18H,3-7,12H2,1-2H3. The molecule has 1 aromatic rings. The van der Waals surface area contributed by atoms with Crippen molar-refractivity contribution in [3.05, 3.63) is 40.5 Å². The molecule has 0 heterocycles. The molecule has 1 aromatic carbocycles. The first kappa shape index (κ1) is 13.4. The van der Waals surface area contributed by atoms with Crippen molar-refractivity contribution in [2.75, 3.05) is 6.61 Å². The fraction of sp³-hybridized carbons (Fsp3) is 0.529. The molecular weight excluding hydrogens is 220 g/mol. The van der Waals surface area contributed by atoms with E-state index in [2.05, 4.69) is 38.1 Å². The molecule has 0 aromatic heterocycles. The van der Waals surface area contributed by atoms with Gasteiger partial charge in [0.25, 0.3) is 0 Å². The van der Waals surface area contributed by atoms with E-state index < -0.39 is 0 Å². The highest BCUT2D eigenvalue weighted by molar-refractivity contribution is 5.57. The second-order valence-electron chi connectivity index (χ2n) is 5.57. The highest BCUT2D eigenvalue weighted by atomic mass is 16.3. The third-order valence-corrected chi connectivity index (χ3v) is 4.08. The minimum Gasteiger partial charge on any atom is -0.392 e. The highest BCUT2D eigenvalue weighted by Crippen LogP contribution is 2.31. The summed E-state index contributed by atoms with van der Waals surface area (Å²) >= 11 is 0. The summed E-state index contributed by atoms with van der Waals surface area (Å²) in [5.74, 6) is 0.601. The van der Waals surface area contributed by atoms with Gasteiger partial charge in [-0.05, 0) is 49.3 Å². The van der Waals surface area contributed by atoms with Gasteiger partial charge >= 0.3 is 0 Å². The Labute approximate surface area is 111 Å². The smallest absolute Gasteiger partial charge is 0.0647 e. The molecule has 1 N–H and O–H groups in total. The van der Waals surface area contributed by atoms with E-state index in [-0.39, 0.29) is 6.61 Å². The summed E-state index contributed by atoms with van der Waals surface area (Å²) in [5, 5.41) is 9.62. The predicted molar refractivity (Wildman–Crippen MR) is 77.6 cm³/mol.